The Hall–Kier alpha value is -4.56. The van der Waals surface area contributed by atoms with Gasteiger partial charge in [0.1, 0.15) is 24.2 Å². The molecule has 1 saturated heterocycles. The van der Waals surface area contributed by atoms with Gasteiger partial charge in [0.05, 0.1) is 11.3 Å². The van der Waals surface area contributed by atoms with Gasteiger partial charge in [-0.2, -0.15) is 0 Å². The molecule has 42 heavy (non-hydrogen) atoms. The lowest BCUT2D eigenvalue weighted by atomic mass is 10.0. The minimum absolute atomic E-state index is 0.0288. The third kappa shape index (κ3) is 10.1. The van der Waals surface area contributed by atoms with Crippen molar-refractivity contribution in [2.24, 2.45) is 5.92 Å². The van der Waals surface area contributed by atoms with Crippen LogP contribution in [0.15, 0.2) is 24.3 Å². The predicted molar refractivity (Wildman–Crippen MR) is 150 cm³/mol. The van der Waals surface area contributed by atoms with Gasteiger partial charge in [-0.25, -0.2) is 0 Å². The molecule has 1 fully saturated rings. The Bertz CT molecular complexity index is 1190. The molecule has 2 rings (SSSR count). The average molecular weight is 591 g/mol. The molecule has 1 aromatic rings. The van der Waals surface area contributed by atoms with E-state index in [1.165, 1.54) is 43.0 Å². The van der Waals surface area contributed by atoms with Crippen LogP contribution < -0.4 is 21.3 Å². The molecule has 15 nitrogen and oxygen atoms in total. The third-order valence-corrected chi connectivity index (χ3v) is 6.59. The fourth-order valence-electron chi connectivity index (χ4n) is 4.42. The summed E-state index contributed by atoms with van der Waals surface area (Å²) in [5.74, 6) is -3.94. The first-order chi connectivity index (χ1) is 19.7. The Morgan fingerprint density at radius 3 is 2.17 bits per heavy atom. The number of amides is 5. The molecule has 230 valence electrons. The average Bonchev–Trinajstić information content (AvgIpc) is 3.41. The van der Waals surface area contributed by atoms with E-state index in [1.807, 2.05) is 13.8 Å². The minimum Gasteiger partial charge on any atom is -0.481 e. The van der Waals surface area contributed by atoms with E-state index >= 15 is 0 Å². The van der Waals surface area contributed by atoms with Gasteiger partial charge in [0, 0.05) is 30.8 Å². The second-order valence-corrected chi connectivity index (χ2v) is 10.6. The minimum atomic E-state index is -1.15. The van der Waals surface area contributed by atoms with E-state index in [-0.39, 0.29) is 31.0 Å². The van der Waals surface area contributed by atoms with Gasteiger partial charge in [-0.05, 0) is 51.2 Å². The van der Waals surface area contributed by atoms with Crippen LogP contribution in [-0.2, 0) is 28.8 Å². The molecule has 0 radical (unpaired) electrons. The number of nitro groups is 1. The summed E-state index contributed by atoms with van der Waals surface area (Å²) in [7, 11) is 0. The number of aliphatic carboxylic acids is 1. The summed E-state index contributed by atoms with van der Waals surface area (Å²) in [6.45, 7) is 6.87. The number of likely N-dealkylation sites (tertiary alicyclic amines) is 1. The lowest BCUT2D eigenvalue weighted by Gasteiger charge is -2.29. The lowest BCUT2D eigenvalue weighted by molar-refractivity contribution is -0.384. The second-order valence-electron chi connectivity index (χ2n) is 10.6. The summed E-state index contributed by atoms with van der Waals surface area (Å²) in [6.07, 6.45) is 0.505. The fraction of sp³-hybridized carbons (Fsp3) is 0.556. The molecule has 1 heterocycles. The number of carboxylic acid groups (broad SMARTS) is 1. The van der Waals surface area contributed by atoms with Gasteiger partial charge in [-0.1, -0.05) is 13.8 Å². The molecule has 0 aromatic heterocycles. The van der Waals surface area contributed by atoms with Crippen molar-refractivity contribution in [3.63, 3.8) is 0 Å². The van der Waals surface area contributed by atoms with Gasteiger partial charge < -0.3 is 31.3 Å². The normalized spacial score (nSPS) is 16.6. The van der Waals surface area contributed by atoms with Crippen LogP contribution in [0.4, 0.5) is 11.4 Å². The quantitative estimate of drug-likeness (QED) is 0.154. The SMILES string of the molecule is CC(C)CC(NC(=O)C1CCCN1C(=O)C(C)NC(=O)C(C)NC(=O)CCC(=O)O)C(=O)Nc1ccc([N+](=O)[O-])cc1. The molecule has 15 heteroatoms. The van der Waals surface area contributed by atoms with Crippen LogP contribution in [0.3, 0.4) is 0 Å². The van der Waals surface area contributed by atoms with Gasteiger partial charge in [-0.3, -0.25) is 38.9 Å². The highest BCUT2D eigenvalue weighted by atomic mass is 16.6. The van der Waals surface area contributed by atoms with Crippen LogP contribution >= 0.6 is 0 Å². The van der Waals surface area contributed by atoms with Gasteiger partial charge >= 0.3 is 5.97 Å². The Balaban J connectivity index is 2.01. The summed E-state index contributed by atoms with van der Waals surface area (Å²) in [5.41, 5.74) is 0.189. The summed E-state index contributed by atoms with van der Waals surface area (Å²) < 4.78 is 0. The molecule has 1 aliphatic heterocycles. The fourth-order valence-corrected chi connectivity index (χ4v) is 4.42. The van der Waals surface area contributed by atoms with E-state index in [2.05, 4.69) is 21.3 Å². The summed E-state index contributed by atoms with van der Waals surface area (Å²) in [4.78, 5) is 86.1. The Morgan fingerprint density at radius 2 is 1.60 bits per heavy atom. The van der Waals surface area contributed by atoms with Crippen LogP contribution in [-0.4, -0.2) is 81.1 Å². The Labute approximate surface area is 242 Å². The number of rotatable bonds is 14. The number of nitrogens with one attached hydrogen (secondary N) is 4. The highest BCUT2D eigenvalue weighted by molar-refractivity contribution is 5.99. The van der Waals surface area contributed by atoms with Crippen molar-refractivity contribution in [3.8, 4) is 0 Å². The van der Waals surface area contributed by atoms with Crippen molar-refractivity contribution in [2.45, 2.75) is 84.0 Å². The molecule has 0 bridgehead atoms. The number of carbonyl (C=O) groups is 6. The van der Waals surface area contributed by atoms with Crippen molar-refractivity contribution in [2.75, 3.05) is 11.9 Å². The number of nitrogens with zero attached hydrogens (tertiary/aromatic N) is 2. The summed E-state index contributed by atoms with van der Waals surface area (Å²) >= 11 is 0. The maximum Gasteiger partial charge on any atom is 0.303 e. The molecule has 4 unspecified atom stereocenters. The van der Waals surface area contributed by atoms with Crippen LogP contribution in [0.25, 0.3) is 0 Å². The first-order valence-corrected chi connectivity index (χ1v) is 13.7. The lowest BCUT2D eigenvalue weighted by Crippen LogP contribution is -2.56. The van der Waals surface area contributed by atoms with Crippen LogP contribution in [0.1, 0.15) is 59.8 Å². The van der Waals surface area contributed by atoms with Crippen LogP contribution in [0.2, 0.25) is 0 Å². The molecule has 1 aromatic carbocycles. The number of hydrogen-bond donors (Lipinski definition) is 5. The zero-order valence-electron chi connectivity index (χ0n) is 24.0. The van der Waals surface area contributed by atoms with E-state index in [0.29, 0.717) is 24.9 Å². The number of anilines is 1. The number of hydrogen-bond acceptors (Lipinski definition) is 8. The highest BCUT2D eigenvalue weighted by Crippen LogP contribution is 2.20. The van der Waals surface area contributed by atoms with Crippen molar-refractivity contribution < 1.29 is 38.8 Å². The number of benzene rings is 1. The monoisotopic (exact) mass is 590 g/mol. The molecule has 5 amide bonds. The van der Waals surface area contributed by atoms with Gasteiger partial charge in [0.15, 0.2) is 0 Å². The maximum atomic E-state index is 13.3. The van der Waals surface area contributed by atoms with E-state index < -0.39 is 64.6 Å². The summed E-state index contributed by atoms with van der Waals surface area (Å²) in [5, 5.41) is 29.8. The Morgan fingerprint density at radius 1 is 0.952 bits per heavy atom. The first kappa shape index (κ1) is 33.6. The number of nitro benzene ring substituents is 1. The number of carbonyl (C=O) groups excluding carboxylic acids is 5. The third-order valence-electron chi connectivity index (χ3n) is 6.59. The van der Waals surface area contributed by atoms with Gasteiger partial charge in [0.25, 0.3) is 5.69 Å². The van der Waals surface area contributed by atoms with Crippen molar-refractivity contribution in [1.82, 2.24) is 20.9 Å². The topological polar surface area (TPSA) is 217 Å². The van der Waals surface area contributed by atoms with Gasteiger partial charge in [-0.15, -0.1) is 0 Å². The molecular formula is C27H38N6O9. The van der Waals surface area contributed by atoms with Gasteiger partial charge in [0.2, 0.25) is 29.5 Å². The standard InChI is InChI=1S/C27H38N6O9/c1-15(2)14-20(25(38)30-18-7-9-19(10-8-18)33(41)42)31-26(39)21-6-5-13-32(21)27(40)17(4)29-24(37)16(3)28-22(34)11-12-23(35)36/h7-10,15-17,20-21H,5-6,11-14H2,1-4H3,(H,28,34)(H,29,37)(H,30,38)(H,31,39)(H,35,36). The van der Waals surface area contributed by atoms with E-state index in [4.69, 9.17) is 5.11 Å². The zero-order valence-corrected chi connectivity index (χ0v) is 24.0. The molecule has 5 N–H and O–H groups in total. The van der Waals surface area contributed by atoms with E-state index in [0.717, 1.165) is 0 Å². The van der Waals surface area contributed by atoms with Crippen LogP contribution in [0, 0.1) is 16.0 Å². The first-order valence-electron chi connectivity index (χ1n) is 13.7. The smallest absolute Gasteiger partial charge is 0.303 e. The van der Waals surface area contributed by atoms with Crippen molar-refractivity contribution in [1.29, 1.82) is 0 Å². The number of non-ortho nitro benzene ring substituents is 1. The van der Waals surface area contributed by atoms with Crippen molar-refractivity contribution >= 4 is 46.9 Å². The Kier molecular flexibility index (Phi) is 12.4. The van der Waals surface area contributed by atoms with E-state index in [9.17, 15) is 38.9 Å². The second kappa shape index (κ2) is 15.4. The molecule has 0 aliphatic carbocycles. The van der Waals surface area contributed by atoms with Crippen molar-refractivity contribution in [3.05, 3.63) is 34.4 Å². The molecule has 0 spiro atoms. The number of carboxylic acids is 1. The molecule has 0 saturated carbocycles. The molecular weight excluding hydrogens is 552 g/mol. The predicted octanol–water partition coefficient (Wildman–Crippen LogP) is 0.929. The van der Waals surface area contributed by atoms with E-state index in [1.54, 1.807) is 0 Å². The molecule has 4 atom stereocenters. The summed E-state index contributed by atoms with van der Waals surface area (Å²) in [6, 6.07) is 1.43. The highest BCUT2D eigenvalue weighted by Gasteiger charge is 2.38. The van der Waals surface area contributed by atoms with Crippen LogP contribution in [0.5, 0.6) is 0 Å². The largest absolute Gasteiger partial charge is 0.481 e. The molecule has 1 aliphatic rings. The maximum absolute atomic E-state index is 13.3. The zero-order chi connectivity index (χ0) is 31.6.